The molecule has 10 nitrogen and oxygen atoms in total. The monoisotopic (exact) mass is 479 g/mol. The zero-order valence-corrected chi connectivity index (χ0v) is 20.5. The number of H-pyrrole nitrogens is 1. The van der Waals surface area contributed by atoms with Crippen LogP contribution >= 0.6 is 0 Å². The van der Waals surface area contributed by atoms with Gasteiger partial charge in [0.25, 0.3) is 0 Å². The molecule has 2 amide bonds. The van der Waals surface area contributed by atoms with Crippen LogP contribution in [0.2, 0.25) is 0 Å². The highest BCUT2D eigenvalue weighted by molar-refractivity contribution is 5.96. The normalized spacial score (nSPS) is 16.9. The minimum absolute atomic E-state index is 0.0426. The van der Waals surface area contributed by atoms with Gasteiger partial charge in [-0.15, -0.1) is 0 Å². The molecule has 3 aromatic heterocycles. The van der Waals surface area contributed by atoms with Crippen molar-refractivity contribution in [3.8, 4) is 11.6 Å². The predicted octanol–water partition coefficient (Wildman–Crippen LogP) is 2.64. The van der Waals surface area contributed by atoms with Crippen molar-refractivity contribution in [2.75, 3.05) is 33.3 Å². The SMILES string of the molecule is COc1cnc(-n2cnc(C)n2)c2[nH]cc(CC(=O)N3CCN(C(=O)CCC4CCCC4)CC3)c12. The second-order valence-electron chi connectivity index (χ2n) is 9.58. The molecule has 1 saturated heterocycles. The Morgan fingerprint density at radius 2 is 1.80 bits per heavy atom. The Bertz CT molecular complexity index is 1200. The number of nitrogens with one attached hydrogen (secondary N) is 1. The van der Waals surface area contributed by atoms with Crippen LogP contribution in [0.15, 0.2) is 18.7 Å². The van der Waals surface area contributed by atoms with Gasteiger partial charge in [0.05, 0.1) is 30.6 Å². The van der Waals surface area contributed by atoms with E-state index >= 15 is 0 Å². The Morgan fingerprint density at radius 1 is 1.09 bits per heavy atom. The van der Waals surface area contributed by atoms with Crippen LogP contribution in [0.5, 0.6) is 5.75 Å². The van der Waals surface area contributed by atoms with Gasteiger partial charge >= 0.3 is 0 Å². The van der Waals surface area contributed by atoms with Crippen LogP contribution in [0.1, 0.15) is 49.9 Å². The molecule has 35 heavy (non-hydrogen) atoms. The first-order valence-corrected chi connectivity index (χ1v) is 12.5. The van der Waals surface area contributed by atoms with E-state index in [9.17, 15) is 9.59 Å². The Labute approximate surface area is 204 Å². The number of ether oxygens (including phenoxy) is 1. The number of nitrogens with zero attached hydrogens (tertiary/aromatic N) is 6. The maximum Gasteiger partial charge on any atom is 0.227 e. The lowest BCUT2D eigenvalue weighted by Gasteiger charge is -2.35. The molecule has 2 fully saturated rings. The van der Waals surface area contributed by atoms with Gasteiger partial charge < -0.3 is 19.5 Å². The first-order valence-electron chi connectivity index (χ1n) is 12.5. The van der Waals surface area contributed by atoms with E-state index < -0.39 is 0 Å². The fourth-order valence-electron chi connectivity index (χ4n) is 5.35. The first-order chi connectivity index (χ1) is 17.0. The third-order valence-electron chi connectivity index (χ3n) is 7.35. The summed E-state index contributed by atoms with van der Waals surface area (Å²) >= 11 is 0. The largest absolute Gasteiger partial charge is 0.494 e. The summed E-state index contributed by atoms with van der Waals surface area (Å²) in [6, 6.07) is 0. The number of piperazine rings is 1. The minimum Gasteiger partial charge on any atom is -0.494 e. The van der Waals surface area contributed by atoms with Gasteiger partial charge in [-0.1, -0.05) is 25.7 Å². The molecule has 1 saturated carbocycles. The quantitative estimate of drug-likeness (QED) is 0.558. The van der Waals surface area contributed by atoms with Gasteiger partial charge in [0.2, 0.25) is 11.8 Å². The number of methoxy groups -OCH3 is 1. The van der Waals surface area contributed by atoms with Crippen molar-refractivity contribution in [3.05, 3.63) is 30.1 Å². The van der Waals surface area contributed by atoms with Crippen molar-refractivity contribution in [2.24, 2.45) is 5.92 Å². The molecule has 1 aliphatic carbocycles. The number of carbonyl (C=O) groups is 2. The van der Waals surface area contributed by atoms with Crippen LogP contribution in [0.4, 0.5) is 0 Å². The average Bonchev–Trinajstić information content (AvgIpc) is 3.64. The second-order valence-corrected chi connectivity index (χ2v) is 9.58. The fourth-order valence-corrected chi connectivity index (χ4v) is 5.35. The zero-order valence-electron chi connectivity index (χ0n) is 20.5. The number of hydrogen-bond donors (Lipinski definition) is 1. The molecule has 0 unspecified atom stereocenters. The summed E-state index contributed by atoms with van der Waals surface area (Å²) in [6.07, 6.45) is 12.1. The highest BCUT2D eigenvalue weighted by atomic mass is 16.5. The van der Waals surface area contributed by atoms with Crippen molar-refractivity contribution < 1.29 is 14.3 Å². The maximum atomic E-state index is 13.2. The van der Waals surface area contributed by atoms with Gasteiger partial charge in [0, 0.05) is 38.8 Å². The van der Waals surface area contributed by atoms with E-state index in [1.54, 1.807) is 24.3 Å². The van der Waals surface area contributed by atoms with Gasteiger partial charge in [0.1, 0.15) is 17.9 Å². The summed E-state index contributed by atoms with van der Waals surface area (Å²) in [5, 5.41) is 5.18. The van der Waals surface area contributed by atoms with Crippen LogP contribution in [-0.2, 0) is 16.0 Å². The lowest BCUT2D eigenvalue weighted by atomic mass is 10.0. The van der Waals surface area contributed by atoms with E-state index in [2.05, 4.69) is 20.1 Å². The Balaban J connectivity index is 1.23. The molecular formula is C25H33N7O3. The smallest absolute Gasteiger partial charge is 0.227 e. The molecule has 2 aliphatic rings. The summed E-state index contributed by atoms with van der Waals surface area (Å²) in [5.41, 5.74) is 1.59. The molecule has 0 bridgehead atoms. The number of hydrogen-bond acceptors (Lipinski definition) is 6. The van der Waals surface area contributed by atoms with Gasteiger partial charge in [-0.25, -0.2) is 14.6 Å². The second kappa shape index (κ2) is 10.1. The summed E-state index contributed by atoms with van der Waals surface area (Å²) in [6.45, 7) is 4.16. The third kappa shape index (κ3) is 4.87. The summed E-state index contributed by atoms with van der Waals surface area (Å²) < 4.78 is 7.17. The molecular weight excluding hydrogens is 446 g/mol. The maximum absolute atomic E-state index is 13.2. The average molecular weight is 480 g/mol. The number of fused-ring (bicyclic) bond motifs is 1. The van der Waals surface area contributed by atoms with Gasteiger partial charge in [-0.05, 0) is 24.8 Å². The van der Waals surface area contributed by atoms with Crippen LogP contribution in [0.25, 0.3) is 16.7 Å². The summed E-state index contributed by atoms with van der Waals surface area (Å²) in [4.78, 5) is 41.5. The zero-order chi connectivity index (χ0) is 24.4. The fraction of sp³-hybridized carbons (Fsp3) is 0.560. The van der Waals surface area contributed by atoms with Crippen LogP contribution in [0, 0.1) is 12.8 Å². The van der Waals surface area contributed by atoms with E-state index in [-0.39, 0.29) is 18.2 Å². The molecule has 186 valence electrons. The summed E-state index contributed by atoms with van der Waals surface area (Å²) in [5.74, 6) is 2.84. The topological polar surface area (TPSA) is 109 Å². The number of carbonyl (C=O) groups excluding carboxylic acids is 2. The molecule has 10 heteroatoms. The van der Waals surface area contributed by atoms with Crippen molar-refractivity contribution in [2.45, 2.75) is 51.9 Å². The highest BCUT2D eigenvalue weighted by Gasteiger charge is 2.26. The highest BCUT2D eigenvalue weighted by Crippen LogP contribution is 2.32. The van der Waals surface area contributed by atoms with Gasteiger partial charge in [-0.3, -0.25) is 9.59 Å². The van der Waals surface area contributed by atoms with Crippen molar-refractivity contribution >= 4 is 22.7 Å². The number of aromatic nitrogens is 5. The number of amides is 2. The third-order valence-corrected chi connectivity index (χ3v) is 7.35. The van der Waals surface area contributed by atoms with Crippen LogP contribution < -0.4 is 4.74 Å². The number of rotatable bonds is 7. The number of aryl methyl sites for hydroxylation is 1. The minimum atomic E-state index is 0.0426. The standard InChI is InChI=1S/C25H33N7O3/c1-17-28-16-32(29-17)25-24-23(20(35-2)15-27-25)19(14-26-24)13-22(34)31-11-9-30(10-12-31)21(33)8-7-18-5-3-4-6-18/h14-16,18,26H,3-13H2,1-2H3. The Kier molecular flexibility index (Phi) is 6.70. The molecule has 0 radical (unpaired) electrons. The van der Waals surface area contributed by atoms with E-state index in [0.717, 1.165) is 28.8 Å². The molecule has 5 rings (SSSR count). The van der Waals surface area contributed by atoms with E-state index in [1.165, 1.54) is 25.7 Å². The Morgan fingerprint density at radius 3 is 2.46 bits per heavy atom. The number of pyridine rings is 1. The van der Waals surface area contributed by atoms with E-state index in [4.69, 9.17) is 4.74 Å². The van der Waals surface area contributed by atoms with E-state index in [0.29, 0.717) is 50.0 Å². The Hall–Kier alpha value is -3.43. The summed E-state index contributed by atoms with van der Waals surface area (Å²) in [7, 11) is 1.59. The van der Waals surface area contributed by atoms with Crippen molar-refractivity contribution in [3.63, 3.8) is 0 Å². The molecule has 0 spiro atoms. The number of aromatic amines is 1. The van der Waals surface area contributed by atoms with Gasteiger partial charge in [-0.2, -0.15) is 5.10 Å². The van der Waals surface area contributed by atoms with Crippen LogP contribution in [-0.4, -0.2) is 79.6 Å². The van der Waals surface area contributed by atoms with Crippen molar-refractivity contribution in [1.82, 2.24) is 34.5 Å². The first kappa shape index (κ1) is 23.3. The van der Waals surface area contributed by atoms with Crippen LogP contribution in [0.3, 0.4) is 0 Å². The molecule has 1 N–H and O–H groups in total. The molecule has 4 heterocycles. The van der Waals surface area contributed by atoms with E-state index in [1.807, 2.05) is 22.9 Å². The molecule has 3 aromatic rings. The molecule has 0 atom stereocenters. The van der Waals surface area contributed by atoms with Gasteiger partial charge in [0.15, 0.2) is 5.82 Å². The van der Waals surface area contributed by atoms with Crippen molar-refractivity contribution in [1.29, 1.82) is 0 Å². The lowest BCUT2D eigenvalue weighted by molar-refractivity contribution is -0.139. The lowest BCUT2D eigenvalue weighted by Crippen LogP contribution is -2.51. The molecule has 1 aliphatic heterocycles. The predicted molar refractivity (Wildman–Crippen MR) is 130 cm³/mol. The molecule has 0 aromatic carbocycles.